The van der Waals surface area contributed by atoms with Crippen LogP contribution in [0.5, 0.6) is 0 Å². The van der Waals surface area contributed by atoms with Gasteiger partial charge in [0.1, 0.15) is 5.00 Å². The number of nitrogens with zero attached hydrogens (tertiary/aromatic N) is 1. The monoisotopic (exact) mass is 345 g/mol. The third kappa shape index (κ3) is 3.24. The maximum absolute atomic E-state index is 12.8. The van der Waals surface area contributed by atoms with Crippen molar-refractivity contribution in [2.45, 2.75) is 51.0 Å². The summed E-state index contributed by atoms with van der Waals surface area (Å²) in [5.41, 5.74) is 1.75. The number of thiophene rings is 1. The number of anilines is 1. The van der Waals surface area contributed by atoms with Crippen LogP contribution < -0.4 is 10.6 Å². The molecular weight excluding hydrogens is 322 g/mol. The second-order valence-electron chi connectivity index (χ2n) is 7.20. The van der Waals surface area contributed by atoms with Crippen LogP contribution in [0.3, 0.4) is 0 Å². The van der Waals surface area contributed by atoms with Gasteiger partial charge in [0, 0.05) is 17.3 Å². The molecule has 3 aliphatic carbocycles. The molecule has 4 rings (SSSR count). The van der Waals surface area contributed by atoms with Crippen molar-refractivity contribution in [3.05, 3.63) is 16.0 Å². The fourth-order valence-corrected chi connectivity index (χ4v) is 4.50. The zero-order valence-electron chi connectivity index (χ0n) is 13.8. The predicted molar refractivity (Wildman–Crippen MR) is 96.1 cm³/mol. The number of nitrogens with one attached hydrogen (secondary N) is 2. The number of carbonyl (C=O) groups excluding carboxylic acids is 2. The van der Waals surface area contributed by atoms with Crippen LogP contribution in [0.2, 0.25) is 0 Å². The molecule has 2 N–H and O–H groups in total. The summed E-state index contributed by atoms with van der Waals surface area (Å²) in [5.74, 6) is 0.781. The molecule has 0 aliphatic heterocycles. The van der Waals surface area contributed by atoms with Gasteiger partial charge in [0.15, 0.2) is 0 Å². The van der Waals surface area contributed by atoms with E-state index in [2.05, 4.69) is 22.3 Å². The minimum atomic E-state index is -0.0461. The average molecular weight is 345 g/mol. The Kier molecular flexibility index (Phi) is 4.16. The van der Waals surface area contributed by atoms with Crippen LogP contribution in [-0.2, 0) is 17.6 Å². The van der Waals surface area contributed by atoms with Crippen LogP contribution in [0.25, 0.3) is 0 Å². The first-order chi connectivity index (χ1) is 11.7. The summed E-state index contributed by atoms with van der Waals surface area (Å²) < 4.78 is 0. The minimum Gasteiger partial charge on any atom is -0.352 e. The lowest BCUT2D eigenvalue weighted by atomic mass is 9.91. The van der Waals surface area contributed by atoms with Gasteiger partial charge < -0.3 is 10.6 Å². The maximum atomic E-state index is 12.8. The molecule has 6 heteroatoms. The highest BCUT2D eigenvalue weighted by Crippen LogP contribution is 2.40. The Morgan fingerprint density at radius 2 is 2.00 bits per heavy atom. The lowest BCUT2D eigenvalue weighted by Crippen LogP contribution is -2.28. The molecule has 0 radical (unpaired) electrons. The Hall–Kier alpha value is -1.69. The Balaban J connectivity index is 1.60. The largest absolute Gasteiger partial charge is 0.352 e. The van der Waals surface area contributed by atoms with Crippen molar-refractivity contribution in [3.63, 3.8) is 0 Å². The normalized spacial score (nSPS) is 22.6. The van der Waals surface area contributed by atoms with Crippen molar-refractivity contribution < 1.29 is 9.59 Å². The third-order valence-corrected chi connectivity index (χ3v) is 6.36. The molecule has 3 aliphatic rings. The van der Waals surface area contributed by atoms with Crippen molar-refractivity contribution >= 4 is 34.9 Å². The number of rotatable bonds is 6. The molecule has 2 saturated carbocycles. The van der Waals surface area contributed by atoms with Gasteiger partial charge in [-0.3, -0.25) is 14.6 Å². The van der Waals surface area contributed by atoms with E-state index in [-0.39, 0.29) is 23.8 Å². The van der Waals surface area contributed by atoms with Gasteiger partial charge in [0.05, 0.1) is 11.6 Å². The van der Waals surface area contributed by atoms with E-state index < -0.39 is 0 Å². The highest BCUT2D eigenvalue weighted by molar-refractivity contribution is 7.17. The van der Waals surface area contributed by atoms with E-state index in [1.165, 1.54) is 17.7 Å². The van der Waals surface area contributed by atoms with Crippen LogP contribution in [0.15, 0.2) is 4.99 Å². The molecule has 1 atom stereocenters. The number of aryl methyl sites for hydroxylation is 1. The SMILES string of the molecule is C=NC1CCc2sc(NC(=O)C3CC3)c(C(=O)NCC3CC3)c2C1. The van der Waals surface area contributed by atoms with Crippen LogP contribution in [0, 0.1) is 11.8 Å². The highest BCUT2D eigenvalue weighted by Gasteiger charge is 2.34. The summed E-state index contributed by atoms with van der Waals surface area (Å²) >= 11 is 1.57. The number of hydrogen-bond donors (Lipinski definition) is 2. The van der Waals surface area contributed by atoms with Crippen molar-refractivity contribution in [1.82, 2.24) is 5.32 Å². The molecule has 1 heterocycles. The van der Waals surface area contributed by atoms with Crippen molar-refractivity contribution in [3.8, 4) is 0 Å². The second kappa shape index (κ2) is 6.31. The topological polar surface area (TPSA) is 70.6 Å². The number of hydrogen-bond acceptors (Lipinski definition) is 4. The first kappa shape index (κ1) is 15.8. The molecule has 1 aromatic rings. The molecule has 0 bridgehead atoms. The van der Waals surface area contributed by atoms with E-state index in [9.17, 15) is 9.59 Å². The number of carbonyl (C=O) groups is 2. The molecule has 2 amide bonds. The Labute approximate surface area is 145 Å². The van der Waals surface area contributed by atoms with Gasteiger partial charge in [-0.15, -0.1) is 11.3 Å². The standard InChI is InChI=1S/C18H23N3O2S/c1-19-12-6-7-14-13(8-12)15(17(23)20-9-10-2-3-10)18(24-14)21-16(22)11-4-5-11/h10-12H,1-9H2,(H,20,23)(H,21,22). The second-order valence-corrected chi connectivity index (χ2v) is 8.31. The summed E-state index contributed by atoms with van der Waals surface area (Å²) in [6, 6.07) is 0.175. The predicted octanol–water partition coefficient (Wildman–Crippen LogP) is 2.79. The van der Waals surface area contributed by atoms with Gasteiger partial charge in [-0.1, -0.05) is 0 Å². The van der Waals surface area contributed by atoms with Crippen LogP contribution >= 0.6 is 11.3 Å². The van der Waals surface area contributed by atoms with Gasteiger partial charge in [-0.25, -0.2) is 0 Å². The molecule has 128 valence electrons. The van der Waals surface area contributed by atoms with Gasteiger partial charge in [-0.05, 0) is 63.1 Å². The quantitative estimate of drug-likeness (QED) is 0.778. The molecule has 0 saturated heterocycles. The number of aliphatic imine (C=N–C) groups is 1. The zero-order valence-corrected chi connectivity index (χ0v) is 14.6. The summed E-state index contributed by atoms with van der Waals surface area (Å²) in [5, 5.41) is 6.81. The van der Waals surface area contributed by atoms with E-state index in [0.29, 0.717) is 11.5 Å². The summed E-state index contributed by atoms with van der Waals surface area (Å²) in [6.07, 6.45) is 6.96. The van der Waals surface area contributed by atoms with E-state index >= 15 is 0 Å². The molecule has 0 spiro atoms. The Morgan fingerprint density at radius 3 is 2.67 bits per heavy atom. The lowest BCUT2D eigenvalue weighted by molar-refractivity contribution is -0.117. The van der Waals surface area contributed by atoms with Gasteiger partial charge in [0.25, 0.3) is 5.91 Å². The molecule has 24 heavy (non-hydrogen) atoms. The van der Waals surface area contributed by atoms with Crippen LogP contribution in [0.4, 0.5) is 5.00 Å². The fourth-order valence-electron chi connectivity index (χ4n) is 3.26. The molecule has 1 unspecified atom stereocenters. The number of fused-ring (bicyclic) bond motifs is 1. The zero-order chi connectivity index (χ0) is 16.7. The molecule has 5 nitrogen and oxygen atoms in total. The molecule has 2 fully saturated rings. The van der Waals surface area contributed by atoms with Gasteiger partial charge >= 0.3 is 0 Å². The summed E-state index contributed by atoms with van der Waals surface area (Å²) in [4.78, 5) is 30.4. The Bertz CT molecular complexity index is 689. The minimum absolute atomic E-state index is 0.0461. The fraction of sp³-hybridized carbons (Fsp3) is 0.611. The smallest absolute Gasteiger partial charge is 0.254 e. The first-order valence-corrected chi connectivity index (χ1v) is 9.66. The van der Waals surface area contributed by atoms with Crippen molar-refractivity contribution in [2.24, 2.45) is 16.8 Å². The van der Waals surface area contributed by atoms with E-state index in [1.807, 2.05) is 0 Å². The molecule has 0 aromatic carbocycles. The first-order valence-electron chi connectivity index (χ1n) is 8.85. The van der Waals surface area contributed by atoms with Crippen molar-refractivity contribution in [1.29, 1.82) is 0 Å². The van der Waals surface area contributed by atoms with E-state index in [1.54, 1.807) is 11.3 Å². The molecule has 1 aromatic heterocycles. The van der Waals surface area contributed by atoms with Gasteiger partial charge in [0.2, 0.25) is 5.91 Å². The number of amides is 2. The Morgan fingerprint density at radius 1 is 1.21 bits per heavy atom. The van der Waals surface area contributed by atoms with E-state index in [4.69, 9.17) is 0 Å². The summed E-state index contributed by atoms with van der Waals surface area (Å²) in [7, 11) is 0. The van der Waals surface area contributed by atoms with Gasteiger partial charge in [-0.2, -0.15) is 0 Å². The third-order valence-electron chi connectivity index (χ3n) is 5.15. The maximum Gasteiger partial charge on any atom is 0.254 e. The lowest BCUT2D eigenvalue weighted by Gasteiger charge is -2.19. The molecular formula is C18H23N3O2S. The van der Waals surface area contributed by atoms with Crippen LogP contribution in [-0.4, -0.2) is 31.1 Å². The van der Waals surface area contributed by atoms with Crippen LogP contribution in [0.1, 0.15) is 52.9 Å². The highest BCUT2D eigenvalue weighted by atomic mass is 32.1. The van der Waals surface area contributed by atoms with E-state index in [0.717, 1.165) is 49.2 Å². The summed E-state index contributed by atoms with van der Waals surface area (Å²) in [6.45, 7) is 4.41. The average Bonchev–Trinajstić information content (AvgIpc) is 3.48. The van der Waals surface area contributed by atoms with Crippen molar-refractivity contribution in [2.75, 3.05) is 11.9 Å².